The average Bonchev–Trinajstić information content (AvgIpc) is 3.28. The molecule has 1 N–H and O–H groups in total. The maximum absolute atomic E-state index is 12.6. The van der Waals surface area contributed by atoms with Crippen molar-refractivity contribution >= 4 is 11.7 Å². The second kappa shape index (κ2) is 7.35. The fourth-order valence-corrected chi connectivity index (χ4v) is 4.12. The summed E-state index contributed by atoms with van der Waals surface area (Å²) in [4.78, 5) is 17.0. The first-order chi connectivity index (χ1) is 14.7. The van der Waals surface area contributed by atoms with E-state index in [1.807, 2.05) is 35.9 Å². The number of esters is 1. The van der Waals surface area contributed by atoms with Crippen LogP contribution in [0.3, 0.4) is 0 Å². The summed E-state index contributed by atoms with van der Waals surface area (Å²) in [5.74, 6) is -0.387. The lowest BCUT2D eigenvalue weighted by atomic mass is 10.1. The number of nitrogens with zero attached hydrogens (tertiary/aromatic N) is 4. The van der Waals surface area contributed by atoms with E-state index >= 15 is 0 Å². The van der Waals surface area contributed by atoms with Crippen LogP contribution in [0.25, 0.3) is 5.69 Å². The lowest BCUT2D eigenvalue weighted by Crippen LogP contribution is -2.39. The van der Waals surface area contributed by atoms with Crippen molar-refractivity contribution < 1.29 is 9.53 Å². The van der Waals surface area contributed by atoms with Gasteiger partial charge in [-0.3, -0.25) is 14.6 Å². The third-order valence-electron chi connectivity index (χ3n) is 5.52. The molecule has 0 aliphatic carbocycles. The Labute approximate surface area is 175 Å². The Hall–Kier alpha value is -3.58. The maximum Gasteiger partial charge on any atom is 0.358 e. The second-order valence-electron chi connectivity index (χ2n) is 7.35. The molecule has 152 valence electrons. The summed E-state index contributed by atoms with van der Waals surface area (Å²) in [5.41, 5.74) is 10.1. The molecule has 3 heterocycles. The van der Waals surface area contributed by atoms with Crippen molar-refractivity contribution in [3.05, 3.63) is 89.3 Å². The molecule has 0 bridgehead atoms. The zero-order valence-electron chi connectivity index (χ0n) is 17.0. The molecule has 1 aromatic heterocycles. The monoisotopic (exact) mass is 401 g/mol. The Kier molecular flexibility index (Phi) is 4.52. The number of likely N-dealkylation sites (N-methyl/N-ethyl adjacent to an activating group) is 1. The summed E-state index contributed by atoms with van der Waals surface area (Å²) in [7, 11) is 2.02. The number of fused-ring (bicyclic) bond motifs is 5. The highest BCUT2D eigenvalue weighted by molar-refractivity contribution is 5.89. The molecular weight excluding hydrogens is 378 g/mol. The van der Waals surface area contributed by atoms with Crippen LogP contribution in [0.4, 0.5) is 5.69 Å². The number of aromatic nitrogens is 2. The van der Waals surface area contributed by atoms with Crippen LogP contribution in [-0.4, -0.2) is 34.2 Å². The van der Waals surface area contributed by atoms with Gasteiger partial charge < -0.3 is 4.74 Å². The Bertz CT molecular complexity index is 1140. The molecule has 0 radical (unpaired) electrons. The molecule has 2 aliphatic heterocycles. The zero-order chi connectivity index (χ0) is 20.7. The van der Waals surface area contributed by atoms with Crippen LogP contribution in [-0.2, 0) is 17.6 Å². The molecule has 0 unspecified atom stereocenters. The van der Waals surface area contributed by atoms with E-state index in [0.717, 1.165) is 34.9 Å². The van der Waals surface area contributed by atoms with Gasteiger partial charge in [0.2, 0.25) is 0 Å². The molecule has 2 aliphatic rings. The van der Waals surface area contributed by atoms with Crippen LogP contribution in [0.1, 0.15) is 28.7 Å². The van der Waals surface area contributed by atoms with Crippen LogP contribution >= 0.6 is 0 Å². The minimum Gasteiger partial charge on any atom is -0.461 e. The van der Waals surface area contributed by atoms with Crippen molar-refractivity contribution in [2.75, 3.05) is 18.7 Å². The summed E-state index contributed by atoms with van der Waals surface area (Å²) in [5, 5.41) is 4.16. The predicted octanol–water partition coefficient (Wildman–Crippen LogP) is 3.23. The third-order valence-corrected chi connectivity index (χ3v) is 5.52. The number of carbonyl (C=O) groups excluding carboxylic acids is 1. The molecule has 0 spiro atoms. The minimum atomic E-state index is -0.387. The highest BCUT2D eigenvalue weighted by atomic mass is 16.5. The lowest BCUT2D eigenvalue weighted by Gasteiger charge is -2.23. The third kappa shape index (κ3) is 2.95. The summed E-state index contributed by atoms with van der Waals surface area (Å²) in [6, 6.07) is 18.5. The van der Waals surface area contributed by atoms with Crippen LogP contribution in [0.2, 0.25) is 0 Å². The van der Waals surface area contributed by atoms with E-state index in [1.54, 1.807) is 13.3 Å². The van der Waals surface area contributed by atoms with Gasteiger partial charge in [0.15, 0.2) is 5.69 Å². The SMILES string of the molecule is CCOC(=O)c1ncn2c1CC1=C(Cc3ccccc3)N(C)NN1c1ccccc1-2. The van der Waals surface area contributed by atoms with E-state index in [4.69, 9.17) is 4.74 Å². The highest BCUT2D eigenvalue weighted by Crippen LogP contribution is 2.38. The fourth-order valence-electron chi connectivity index (χ4n) is 4.12. The van der Waals surface area contributed by atoms with Crippen molar-refractivity contribution in [3.8, 4) is 5.69 Å². The van der Waals surface area contributed by atoms with Crippen molar-refractivity contribution in [3.63, 3.8) is 0 Å². The number of benzene rings is 2. The van der Waals surface area contributed by atoms with Crippen LogP contribution in [0.5, 0.6) is 0 Å². The predicted molar refractivity (Wildman–Crippen MR) is 114 cm³/mol. The van der Waals surface area contributed by atoms with Gasteiger partial charge in [-0.1, -0.05) is 42.5 Å². The normalized spacial score (nSPS) is 14.9. The summed E-state index contributed by atoms with van der Waals surface area (Å²) >= 11 is 0. The molecule has 0 atom stereocenters. The summed E-state index contributed by atoms with van der Waals surface area (Å²) in [6.07, 6.45) is 3.05. The van der Waals surface area contributed by atoms with Gasteiger partial charge in [-0.2, -0.15) is 0 Å². The molecular formula is C23H23N5O2. The molecule has 0 amide bonds. The number of ether oxygens (including phenoxy) is 1. The first-order valence-electron chi connectivity index (χ1n) is 10.1. The molecule has 0 fully saturated rings. The number of imidazole rings is 1. The number of allylic oxidation sites excluding steroid dienone is 2. The Morgan fingerprint density at radius 3 is 2.60 bits per heavy atom. The van der Waals surface area contributed by atoms with Gasteiger partial charge in [0.25, 0.3) is 0 Å². The van der Waals surface area contributed by atoms with Gasteiger partial charge in [-0.05, 0) is 24.6 Å². The fraction of sp³-hybridized carbons (Fsp3) is 0.217. The smallest absolute Gasteiger partial charge is 0.358 e. The van der Waals surface area contributed by atoms with Crippen LogP contribution in [0.15, 0.2) is 72.3 Å². The van der Waals surface area contributed by atoms with E-state index < -0.39 is 0 Å². The van der Waals surface area contributed by atoms with Crippen molar-refractivity contribution in [2.24, 2.45) is 0 Å². The topological polar surface area (TPSA) is 62.6 Å². The minimum absolute atomic E-state index is 0.320. The molecule has 7 heteroatoms. The van der Waals surface area contributed by atoms with Gasteiger partial charge in [-0.25, -0.2) is 9.78 Å². The lowest BCUT2D eigenvalue weighted by molar-refractivity contribution is 0.0519. The number of rotatable bonds is 4. The first kappa shape index (κ1) is 18.4. The molecule has 30 heavy (non-hydrogen) atoms. The van der Waals surface area contributed by atoms with Gasteiger partial charge >= 0.3 is 5.97 Å². The standard InChI is InChI=1S/C23H23N5O2/c1-3-30-23(29)22-21-14-20-19(13-16-9-5-4-6-10-16)26(2)25-28(20)18-12-8-7-11-17(18)27(21)15-24-22/h4-12,15,25H,3,13-14H2,1-2H3. The second-order valence-corrected chi connectivity index (χ2v) is 7.35. The number of hydrogen-bond acceptors (Lipinski definition) is 6. The molecule has 0 saturated heterocycles. The van der Waals surface area contributed by atoms with Gasteiger partial charge in [0, 0.05) is 19.9 Å². The Balaban J connectivity index is 1.67. The molecule has 0 saturated carbocycles. The number of carbonyl (C=O) groups is 1. The van der Waals surface area contributed by atoms with Gasteiger partial charge in [0.1, 0.15) is 6.33 Å². The quantitative estimate of drug-likeness (QED) is 0.678. The number of nitrogens with one attached hydrogen (secondary N) is 1. The maximum atomic E-state index is 12.6. The molecule has 2 aromatic carbocycles. The zero-order valence-corrected chi connectivity index (χ0v) is 17.0. The average molecular weight is 401 g/mol. The molecule has 3 aromatic rings. The van der Waals surface area contributed by atoms with Crippen LogP contribution in [0, 0.1) is 0 Å². The number of para-hydroxylation sites is 2. The van der Waals surface area contributed by atoms with E-state index in [9.17, 15) is 4.79 Å². The first-order valence-corrected chi connectivity index (χ1v) is 10.1. The largest absolute Gasteiger partial charge is 0.461 e. The summed E-state index contributed by atoms with van der Waals surface area (Å²) < 4.78 is 7.26. The van der Waals surface area contributed by atoms with E-state index in [1.165, 1.54) is 5.56 Å². The van der Waals surface area contributed by atoms with Gasteiger partial charge in [0.05, 0.1) is 35.1 Å². The van der Waals surface area contributed by atoms with E-state index in [-0.39, 0.29) is 5.97 Å². The van der Waals surface area contributed by atoms with Crippen molar-refractivity contribution in [1.82, 2.24) is 20.1 Å². The molecule has 7 nitrogen and oxygen atoms in total. The van der Waals surface area contributed by atoms with Crippen LogP contribution < -0.4 is 10.5 Å². The number of anilines is 1. The number of hydrogen-bond donors (Lipinski definition) is 1. The van der Waals surface area contributed by atoms with Crippen molar-refractivity contribution in [1.29, 1.82) is 0 Å². The molecule has 5 rings (SSSR count). The highest BCUT2D eigenvalue weighted by Gasteiger charge is 2.35. The van der Waals surface area contributed by atoms with E-state index in [2.05, 4.69) is 50.9 Å². The number of hydrazine groups is 2. The Morgan fingerprint density at radius 1 is 1.10 bits per heavy atom. The summed E-state index contributed by atoms with van der Waals surface area (Å²) in [6.45, 7) is 2.13. The van der Waals surface area contributed by atoms with E-state index in [0.29, 0.717) is 18.7 Å². The van der Waals surface area contributed by atoms with Gasteiger partial charge in [-0.15, -0.1) is 5.53 Å². The van der Waals surface area contributed by atoms with Crippen molar-refractivity contribution in [2.45, 2.75) is 19.8 Å². The Morgan fingerprint density at radius 2 is 1.83 bits per heavy atom.